The molecule has 0 spiro atoms. The van der Waals surface area contributed by atoms with Gasteiger partial charge in [-0.25, -0.2) is 0 Å². The SMILES string of the molecule is CCCN1CCN(C(C#N)c2ccncc2)CC1C. The molecule has 0 radical (unpaired) electrons. The maximum absolute atomic E-state index is 9.46. The second kappa shape index (κ2) is 6.65. The van der Waals surface area contributed by atoms with Crippen LogP contribution in [0.5, 0.6) is 0 Å². The van der Waals surface area contributed by atoms with Crippen molar-refractivity contribution in [2.45, 2.75) is 32.4 Å². The van der Waals surface area contributed by atoms with E-state index >= 15 is 0 Å². The van der Waals surface area contributed by atoms with Crippen molar-refractivity contribution in [3.8, 4) is 6.07 Å². The van der Waals surface area contributed by atoms with Crippen LogP contribution in [0.2, 0.25) is 0 Å². The molecular weight excluding hydrogens is 236 g/mol. The number of piperazine rings is 1. The molecule has 0 bridgehead atoms. The van der Waals surface area contributed by atoms with E-state index in [-0.39, 0.29) is 6.04 Å². The molecule has 2 unspecified atom stereocenters. The summed E-state index contributed by atoms with van der Waals surface area (Å²) in [7, 11) is 0. The molecule has 0 aromatic carbocycles. The highest BCUT2D eigenvalue weighted by Gasteiger charge is 2.28. The minimum absolute atomic E-state index is 0.144. The van der Waals surface area contributed by atoms with Crippen LogP contribution in [0.4, 0.5) is 0 Å². The van der Waals surface area contributed by atoms with Crippen LogP contribution in [0.15, 0.2) is 24.5 Å². The monoisotopic (exact) mass is 258 g/mol. The van der Waals surface area contributed by atoms with Gasteiger partial charge >= 0.3 is 0 Å². The summed E-state index contributed by atoms with van der Waals surface area (Å²) < 4.78 is 0. The lowest BCUT2D eigenvalue weighted by Crippen LogP contribution is -2.52. The van der Waals surface area contributed by atoms with E-state index in [0.717, 1.165) is 31.7 Å². The number of rotatable bonds is 4. The number of hydrogen-bond acceptors (Lipinski definition) is 4. The van der Waals surface area contributed by atoms with Crippen molar-refractivity contribution in [2.24, 2.45) is 0 Å². The first-order valence-corrected chi connectivity index (χ1v) is 7.04. The van der Waals surface area contributed by atoms with Gasteiger partial charge in [0.2, 0.25) is 0 Å². The molecule has 0 amide bonds. The van der Waals surface area contributed by atoms with Crippen molar-refractivity contribution in [3.05, 3.63) is 30.1 Å². The number of hydrogen-bond donors (Lipinski definition) is 0. The second-order valence-corrected chi connectivity index (χ2v) is 5.19. The molecule has 0 aliphatic carbocycles. The lowest BCUT2D eigenvalue weighted by atomic mass is 10.1. The summed E-state index contributed by atoms with van der Waals surface area (Å²) in [6.45, 7) is 8.60. The van der Waals surface area contributed by atoms with Crippen LogP contribution in [0.25, 0.3) is 0 Å². The summed E-state index contributed by atoms with van der Waals surface area (Å²) in [6, 6.07) is 6.69. The maximum Gasteiger partial charge on any atom is 0.124 e. The number of nitrogens with zero attached hydrogens (tertiary/aromatic N) is 4. The van der Waals surface area contributed by atoms with E-state index in [1.807, 2.05) is 12.1 Å². The van der Waals surface area contributed by atoms with Crippen LogP contribution in [-0.4, -0.2) is 47.0 Å². The average Bonchev–Trinajstić information content (AvgIpc) is 2.44. The number of aromatic nitrogens is 1. The Bertz CT molecular complexity index is 426. The van der Waals surface area contributed by atoms with Gasteiger partial charge in [-0.15, -0.1) is 0 Å². The van der Waals surface area contributed by atoms with E-state index in [1.165, 1.54) is 6.42 Å². The fourth-order valence-corrected chi connectivity index (χ4v) is 2.79. The molecule has 2 heterocycles. The van der Waals surface area contributed by atoms with Gasteiger partial charge in [-0.1, -0.05) is 6.92 Å². The molecule has 1 fully saturated rings. The van der Waals surface area contributed by atoms with E-state index in [4.69, 9.17) is 0 Å². The Labute approximate surface area is 115 Å². The van der Waals surface area contributed by atoms with Crippen molar-refractivity contribution in [3.63, 3.8) is 0 Å². The molecule has 0 N–H and O–H groups in total. The Kier molecular flexibility index (Phi) is 4.89. The zero-order chi connectivity index (χ0) is 13.7. The summed E-state index contributed by atoms with van der Waals surface area (Å²) in [5.74, 6) is 0. The Morgan fingerprint density at radius 1 is 1.42 bits per heavy atom. The zero-order valence-electron chi connectivity index (χ0n) is 11.8. The van der Waals surface area contributed by atoms with Crippen LogP contribution >= 0.6 is 0 Å². The first-order chi connectivity index (χ1) is 9.26. The third kappa shape index (κ3) is 3.31. The Morgan fingerprint density at radius 2 is 2.16 bits per heavy atom. The molecule has 0 saturated carbocycles. The van der Waals surface area contributed by atoms with Gasteiger partial charge in [-0.05, 0) is 37.6 Å². The van der Waals surface area contributed by atoms with Gasteiger partial charge in [0.1, 0.15) is 6.04 Å². The highest BCUT2D eigenvalue weighted by Crippen LogP contribution is 2.23. The van der Waals surface area contributed by atoms with E-state index < -0.39 is 0 Å². The molecule has 102 valence electrons. The zero-order valence-corrected chi connectivity index (χ0v) is 11.8. The maximum atomic E-state index is 9.46. The third-order valence-corrected chi connectivity index (χ3v) is 3.82. The smallest absolute Gasteiger partial charge is 0.124 e. The summed E-state index contributed by atoms with van der Waals surface area (Å²) in [5.41, 5.74) is 1.05. The molecule has 1 saturated heterocycles. The van der Waals surface area contributed by atoms with E-state index in [0.29, 0.717) is 6.04 Å². The normalized spacial score (nSPS) is 22.9. The first kappa shape index (κ1) is 14.0. The predicted octanol–water partition coefficient (Wildman–Crippen LogP) is 2.06. The lowest BCUT2D eigenvalue weighted by molar-refractivity contribution is 0.0690. The van der Waals surface area contributed by atoms with Crippen molar-refractivity contribution < 1.29 is 0 Å². The molecule has 1 aromatic rings. The standard InChI is InChI=1S/C15H22N4/c1-3-8-18-9-10-19(12-13(18)2)15(11-16)14-4-6-17-7-5-14/h4-7,13,15H,3,8-10,12H2,1-2H3. The predicted molar refractivity (Wildman–Crippen MR) is 75.5 cm³/mol. The van der Waals surface area contributed by atoms with E-state index in [9.17, 15) is 5.26 Å². The molecular formula is C15H22N4. The highest BCUT2D eigenvalue weighted by atomic mass is 15.3. The van der Waals surface area contributed by atoms with Crippen LogP contribution in [-0.2, 0) is 0 Å². The van der Waals surface area contributed by atoms with Crippen molar-refractivity contribution in [1.29, 1.82) is 5.26 Å². The van der Waals surface area contributed by atoms with E-state index in [1.54, 1.807) is 12.4 Å². The van der Waals surface area contributed by atoms with Gasteiger partial charge in [0, 0.05) is 38.1 Å². The Hall–Kier alpha value is -1.44. The van der Waals surface area contributed by atoms with Gasteiger partial charge in [0.15, 0.2) is 0 Å². The van der Waals surface area contributed by atoms with E-state index in [2.05, 4.69) is 34.7 Å². The topological polar surface area (TPSA) is 43.2 Å². The largest absolute Gasteiger partial charge is 0.298 e. The molecule has 4 heteroatoms. The minimum atomic E-state index is -0.144. The van der Waals surface area contributed by atoms with Gasteiger partial charge in [-0.2, -0.15) is 5.26 Å². The molecule has 1 aliphatic rings. The summed E-state index contributed by atoms with van der Waals surface area (Å²) in [5, 5.41) is 9.46. The fourth-order valence-electron chi connectivity index (χ4n) is 2.79. The van der Waals surface area contributed by atoms with Crippen LogP contribution in [0, 0.1) is 11.3 Å². The van der Waals surface area contributed by atoms with Gasteiger partial charge in [0.25, 0.3) is 0 Å². The summed E-state index contributed by atoms with van der Waals surface area (Å²) >= 11 is 0. The molecule has 2 rings (SSSR count). The Balaban J connectivity index is 2.04. The molecule has 19 heavy (non-hydrogen) atoms. The van der Waals surface area contributed by atoms with Gasteiger partial charge in [-0.3, -0.25) is 14.8 Å². The average molecular weight is 258 g/mol. The quantitative estimate of drug-likeness (QED) is 0.829. The molecule has 1 aliphatic heterocycles. The fraction of sp³-hybridized carbons (Fsp3) is 0.600. The highest BCUT2D eigenvalue weighted by molar-refractivity contribution is 5.21. The first-order valence-electron chi connectivity index (χ1n) is 7.04. The molecule has 4 nitrogen and oxygen atoms in total. The van der Waals surface area contributed by atoms with Gasteiger partial charge in [0.05, 0.1) is 6.07 Å². The number of nitriles is 1. The van der Waals surface area contributed by atoms with Crippen molar-refractivity contribution in [1.82, 2.24) is 14.8 Å². The van der Waals surface area contributed by atoms with Gasteiger partial charge < -0.3 is 0 Å². The second-order valence-electron chi connectivity index (χ2n) is 5.19. The van der Waals surface area contributed by atoms with Crippen molar-refractivity contribution in [2.75, 3.05) is 26.2 Å². The molecule has 1 aromatic heterocycles. The third-order valence-electron chi connectivity index (χ3n) is 3.82. The lowest BCUT2D eigenvalue weighted by Gasteiger charge is -2.41. The van der Waals surface area contributed by atoms with Crippen molar-refractivity contribution >= 4 is 0 Å². The Morgan fingerprint density at radius 3 is 2.74 bits per heavy atom. The summed E-state index contributed by atoms with van der Waals surface area (Å²) in [6.07, 6.45) is 4.71. The van der Waals surface area contributed by atoms with Crippen LogP contribution < -0.4 is 0 Å². The number of pyridine rings is 1. The molecule has 2 atom stereocenters. The summed E-state index contributed by atoms with van der Waals surface area (Å²) in [4.78, 5) is 8.82. The minimum Gasteiger partial charge on any atom is -0.298 e. The van der Waals surface area contributed by atoms with Crippen LogP contribution in [0.3, 0.4) is 0 Å². The van der Waals surface area contributed by atoms with Crippen LogP contribution in [0.1, 0.15) is 31.9 Å².